The third-order valence-corrected chi connectivity index (χ3v) is 2.21. The highest BCUT2D eigenvalue weighted by atomic mass is 19.4. The molecule has 0 aromatic carbocycles. The molecule has 1 aliphatic carbocycles. The van der Waals surface area contributed by atoms with Crippen LogP contribution in [0, 0.1) is 5.92 Å². The molecule has 0 spiro atoms. The lowest BCUT2D eigenvalue weighted by Gasteiger charge is -2.09. The van der Waals surface area contributed by atoms with Gasteiger partial charge in [-0.2, -0.15) is 13.2 Å². The van der Waals surface area contributed by atoms with Crippen molar-refractivity contribution in [1.82, 2.24) is 0 Å². The van der Waals surface area contributed by atoms with E-state index in [2.05, 4.69) is 0 Å². The average Bonchev–Trinajstić information content (AvgIpc) is 2.29. The molecular formula is C8H11F3O. The Labute approximate surface area is 68.9 Å². The van der Waals surface area contributed by atoms with Gasteiger partial charge in [-0.1, -0.05) is 0 Å². The van der Waals surface area contributed by atoms with E-state index in [9.17, 15) is 18.0 Å². The summed E-state index contributed by atoms with van der Waals surface area (Å²) in [6.45, 7) is 0. The van der Waals surface area contributed by atoms with Gasteiger partial charge in [0.05, 0.1) is 0 Å². The fraction of sp³-hybridized carbons (Fsp3) is 0.875. The maximum Gasteiger partial charge on any atom is 0.389 e. The Morgan fingerprint density at radius 2 is 2.08 bits per heavy atom. The molecule has 0 radical (unpaired) electrons. The molecule has 1 fully saturated rings. The fourth-order valence-electron chi connectivity index (χ4n) is 1.53. The van der Waals surface area contributed by atoms with Crippen molar-refractivity contribution in [3.8, 4) is 0 Å². The molecular weight excluding hydrogens is 169 g/mol. The number of carbonyl (C=O) groups is 1. The Morgan fingerprint density at radius 3 is 2.50 bits per heavy atom. The molecule has 1 nitrogen and oxygen atoms in total. The summed E-state index contributed by atoms with van der Waals surface area (Å²) in [5.41, 5.74) is 0. The van der Waals surface area contributed by atoms with Crippen LogP contribution < -0.4 is 0 Å². The monoisotopic (exact) mass is 180 g/mol. The summed E-state index contributed by atoms with van der Waals surface area (Å²) in [6, 6.07) is 0. The first-order valence-corrected chi connectivity index (χ1v) is 4.08. The Morgan fingerprint density at radius 1 is 1.42 bits per heavy atom. The number of ketones is 1. The normalized spacial score (nSPS) is 24.9. The summed E-state index contributed by atoms with van der Waals surface area (Å²) in [4.78, 5) is 10.9. The molecule has 12 heavy (non-hydrogen) atoms. The predicted octanol–water partition coefficient (Wildman–Crippen LogP) is 2.70. The number of hydrogen-bond acceptors (Lipinski definition) is 1. The Hall–Kier alpha value is -0.540. The molecule has 0 bridgehead atoms. The molecule has 1 atom stereocenters. The van der Waals surface area contributed by atoms with Gasteiger partial charge in [0.1, 0.15) is 5.78 Å². The summed E-state index contributed by atoms with van der Waals surface area (Å²) in [5.74, 6) is -0.300. The number of alkyl halides is 3. The van der Waals surface area contributed by atoms with Crippen molar-refractivity contribution in [2.24, 2.45) is 5.92 Å². The van der Waals surface area contributed by atoms with Crippen LogP contribution in [0.15, 0.2) is 0 Å². The van der Waals surface area contributed by atoms with E-state index >= 15 is 0 Å². The lowest BCUT2D eigenvalue weighted by Crippen LogP contribution is -2.13. The summed E-state index contributed by atoms with van der Waals surface area (Å²) >= 11 is 0. The quantitative estimate of drug-likeness (QED) is 0.638. The molecule has 4 heteroatoms. The highest BCUT2D eigenvalue weighted by Gasteiger charge is 2.31. The van der Waals surface area contributed by atoms with Gasteiger partial charge in [-0.3, -0.25) is 4.79 Å². The maximum absolute atomic E-state index is 11.7. The fourth-order valence-corrected chi connectivity index (χ4v) is 1.53. The van der Waals surface area contributed by atoms with Gasteiger partial charge in [0, 0.05) is 18.8 Å². The third kappa shape index (κ3) is 2.83. The van der Waals surface area contributed by atoms with Crippen LogP contribution in [0.25, 0.3) is 0 Å². The number of halogens is 3. The second-order valence-electron chi connectivity index (χ2n) is 3.21. The second-order valence-corrected chi connectivity index (χ2v) is 3.21. The van der Waals surface area contributed by atoms with E-state index in [0.29, 0.717) is 12.8 Å². The van der Waals surface area contributed by atoms with Gasteiger partial charge in [-0.05, 0) is 19.3 Å². The molecule has 0 aromatic heterocycles. The summed E-state index contributed by atoms with van der Waals surface area (Å²) < 4.78 is 35.2. The first kappa shape index (κ1) is 9.55. The molecule has 0 aromatic rings. The van der Waals surface area contributed by atoms with Gasteiger partial charge < -0.3 is 0 Å². The first-order chi connectivity index (χ1) is 5.49. The molecule has 70 valence electrons. The Balaban J connectivity index is 2.27. The topological polar surface area (TPSA) is 17.1 Å². The zero-order chi connectivity index (χ0) is 9.19. The Kier molecular flexibility index (Phi) is 2.75. The number of hydrogen-bond donors (Lipinski definition) is 0. The molecule has 0 aliphatic heterocycles. The zero-order valence-electron chi connectivity index (χ0n) is 6.66. The maximum atomic E-state index is 11.7. The molecule has 0 heterocycles. The minimum atomic E-state index is -4.11. The Bertz CT molecular complexity index is 174. The average molecular weight is 180 g/mol. The van der Waals surface area contributed by atoms with Crippen LogP contribution in [-0.2, 0) is 4.79 Å². The minimum absolute atomic E-state index is 0.0116. The van der Waals surface area contributed by atoms with Crippen molar-refractivity contribution in [1.29, 1.82) is 0 Å². The van der Waals surface area contributed by atoms with Crippen LogP contribution in [0.2, 0.25) is 0 Å². The van der Waals surface area contributed by atoms with Gasteiger partial charge in [-0.25, -0.2) is 0 Å². The molecule has 0 N–H and O–H groups in total. The molecule has 1 unspecified atom stereocenters. The molecule has 1 saturated carbocycles. The smallest absolute Gasteiger partial charge is 0.299 e. The van der Waals surface area contributed by atoms with E-state index in [1.807, 2.05) is 0 Å². The van der Waals surface area contributed by atoms with Crippen molar-refractivity contribution >= 4 is 5.78 Å². The minimum Gasteiger partial charge on any atom is -0.299 e. The highest BCUT2D eigenvalue weighted by Crippen LogP contribution is 2.30. The van der Waals surface area contributed by atoms with E-state index < -0.39 is 12.6 Å². The second kappa shape index (κ2) is 3.46. The molecule has 0 amide bonds. The molecule has 0 saturated heterocycles. The van der Waals surface area contributed by atoms with Crippen molar-refractivity contribution in [2.45, 2.75) is 38.3 Å². The first-order valence-electron chi connectivity index (χ1n) is 4.08. The zero-order valence-corrected chi connectivity index (χ0v) is 6.66. The van der Waals surface area contributed by atoms with Crippen molar-refractivity contribution in [3.05, 3.63) is 0 Å². The van der Waals surface area contributed by atoms with E-state index in [-0.39, 0.29) is 18.1 Å². The standard InChI is InChI=1S/C8H11F3O/c9-8(10,11)5-4-6-2-1-3-7(6)12/h6H,1-5H2. The molecule has 1 aliphatic rings. The van der Waals surface area contributed by atoms with Gasteiger partial charge in [0.25, 0.3) is 0 Å². The predicted molar refractivity (Wildman–Crippen MR) is 37.6 cm³/mol. The van der Waals surface area contributed by atoms with E-state index in [1.165, 1.54) is 0 Å². The van der Waals surface area contributed by atoms with Crippen LogP contribution in [0.1, 0.15) is 32.1 Å². The lowest BCUT2D eigenvalue weighted by molar-refractivity contribution is -0.139. The van der Waals surface area contributed by atoms with E-state index in [0.717, 1.165) is 6.42 Å². The SMILES string of the molecule is O=C1CCCC1CCC(F)(F)F. The van der Waals surface area contributed by atoms with Gasteiger partial charge >= 0.3 is 6.18 Å². The highest BCUT2D eigenvalue weighted by molar-refractivity contribution is 5.82. The van der Waals surface area contributed by atoms with Crippen LogP contribution in [0.3, 0.4) is 0 Å². The molecule has 1 rings (SSSR count). The van der Waals surface area contributed by atoms with Gasteiger partial charge in [0.15, 0.2) is 0 Å². The van der Waals surface area contributed by atoms with Crippen LogP contribution in [0.5, 0.6) is 0 Å². The van der Waals surface area contributed by atoms with E-state index in [4.69, 9.17) is 0 Å². The lowest BCUT2D eigenvalue weighted by atomic mass is 10.0. The third-order valence-electron chi connectivity index (χ3n) is 2.21. The van der Waals surface area contributed by atoms with Crippen molar-refractivity contribution in [3.63, 3.8) is 0 Å². The largest absolute Gasteiger partial charge is 0.389 e. The van der Waals surface area contributed by atoms with Crippen molar-refractivity contribution < 1.29 is 18.0 Å². The van der Waals surface area contributed by atoms with Crippen LogP contribution in [-0.4, -0.2) is 12.0 Å². The summed E-state index contributed by atoms with van der Waals surface area (Å²) in [7, 11) is 0. The number of carbonyl (C=O) groups excluding carboxylic acids is 1. The number of rotatable bonds is 2. The van der Waals surface area contributed by atoms with E-state index in [1.54, 1.807) is 0 Å². The summed E-state index contributed by atoms with van der Waals surface area (Å²) in [6.07, 6.45) is -3.05. The summed E-state index contributed by atoms with van der Waals surface area (Å²) in [5, 5.41) is 0. The van der Waals surface area contributed by atoms with Gasteiger partial charge in [-0.15, -0.1) is 0 Å². The number of Topliss-reactive ketones (excluding diaryl/α,β-unsaturated/α-hetero) is 1. The van der Waals surface area contributed by atoms with Crippen LogP contribution >= 0.6 is 0 Å². The van der Waals surface area contributed by atoms with Crippen molar-refractivity contribution in [2.75, 3.05) is 0 Å². The van der Waals surface area contributed by atoms with Gasteiger partial charge in [0.2, 0.25) is 0 Å². The van der Waals surface area contributed by atoms with Crippen LogP contribution in [0.4, 0.5) is 13.2 Å².